The molecule has 0 aromatic carbocycles. The second-order valence-corrected chi connectivity index (χ2v) is 3.26. The van der Waals surface area contributed by atoms with Gasteiger partial charge in [0.15, 0.2) is 0 Å². The van der Waals surface area contributed by atoms with E-state index < -0.39 is 0 Å². The van der Waals surface area contributed by atoms with Crippen molar-refractivity contribution in [2.75, 3.05) is 26.9 Å². The molecule has 0 aliphatic carbocycles. The lowest BCUT2D eigenvalue weighted by Gasteiger charge is -2.19. The van der Waals surface area contributed by atoms with Crippen LogP contribution in [0.2, 0.25) is 0 Å². The molecule has 0 heterocycles. The van der Waals surface area contributed by atoms with Crippen LogP contribution in [-0.2, 0) is 9.47 Å². The van der Waals surface area contributed by atoms with Gasteiger partial charge in [-0.05, 0) is 19.9 Å². The summed E-state index contributed by atoms with van der Waals surface area (Å²) in [5.41, 5.74) is 0. The first-order valence-electron chi connectivity index (χ1n) is 5.08. The van der Waals surface area contributed by atoms with Crippen LogP contribution in [0.1, 0.15) is 27.2 Å². The van der Waals surface area contributed by atoms with E-state index in [0.29, 0.717) is 12.6 Å². The maximum atomic E-state index is 5.60. The average Bonchev–Trinajstić information content (AvgIpc) is 2.12. The SMILES string of the molecule is CCNC(CC)COC(C)COC. The largest absolute Gasteiger partial charge is 0.382 e. The van der Waals surface area contributed by atoms with Crippen LogP contribution in [0.4, 0.5) is 0 Å². The summed E-state index contributed by atoms with van der Waals surface area (Å²) in [6.07, 6.45) is 1.30. The molecule has 0 aliphatic rings. The van der Waals surface area contributed by atoms with E-state index in [1.165, 1.54) is 0 Å². The van der Waals surface area contributed by atoms with Crippen molar-refractivity contribution >= 4 is 0 Å². The zero-order valence-corrected chi connectivity index (χ0v) is 9.30. The van der Waals surface area contributed by atoms with Crippen molar-refractivity contribution in [3.05, 3.63) is 0 Å². The molecule has 0 bridgehead atoms. The van der Waals surface area contributed by atoms with Crippen LogP contribution in [0.15, 0.2) is 0 Å². The molecule has 2 atom stereocenters. The molecule has 0 rings (SSSR count). The van der Waals surface area contributed by atoms with Crippen molar-refractivity contribution in [1.29, 1.82) is 0 Å². The maximum absolute atomic E-state index is 5.60. The normalized spacial score (nSPS) is 15.7. The lowest BCUT2D eigenvalue weighted by Crippen LogP contribution is -2.34. The van der Waals surface area contributed by atoms with E-state index in [4.69, 9.17) is 9.47 Å². The fourth-order valence-electron chi connectivity index (χ4n) is 1.17. The predicted octanol–water partition coefficient (Wildman–Crippen LogP) is 1.43. The van der Waals surface area contributed by atoms with E-state index >= 15 is 0 Å². The molecule has 80 valence electrons. The number of hydrogen-bond acceptors (Lipinski definition) is 3. The van der Waals surface area contributed by atoms with Crippen LogP contribution in [0.5, 0.6) is 0 Å². The molecule has 13 heavy (non-hydrogen) atoms. The third-order valence-corrected chi connectivity index (χ3v) is 1.97. The predicted molar refractivity (Wildman–Crippen MR) is 55.0 cm³/mol. The molecule has 0 radical (unpaired) electrons. The highest BCUT2D eigenvalue weighted by atomic mass is 16.5. The van der Waals surface area contributed by atoms with Crippen molar-refractivity contribution < 1.29 is 9.47 Å². The Kier molecular flexibility index (Phi) is 8.40. The second kappa shape index (κ2) is 8.48. The third kappa shape index (κ3) is 6.99. The number of rotatable bonds is 8. The Morgan fingerprint density at radius 1 is 1.23 bits per heavy atom. The van der Waals surface area contributed by atoms with Crippen LogP contribution in [0, 0.1) is 0 Å². The molecule has 0 aliphatic heterocycles. The van der Waals surface area contributed by atoms with Gasteiger partial charge in [0.05, 0.1) is 19.3 Å². The molecule has 0 amide bonds. The van der Waals surface area contributed by atoms with Crippen molar-refractivity contribution in [2.45, 2.75) is 39.3 Å². The highest BCUT2D eigenvalue weighted by Crippen LogP contribution is 1.96. The number of nitrogens with one attached hydrogen (secondary N) is 1. The van der Waals surface area contributed by atoms with E-state index in [1.807, 2.05) is 6.92 Å². The van der Waals surface area contributed by atoms with Gasteiger partial charge in [-0.1, -0.05) is 13.8 Å². The molecule has 0 saturated heterocycles. The van der Waals surface area contributed by atoms with Gasteiger partial charge in [-0.2, -0.15) is 0 Å². The van der Waals surface area contributed by atoms with Crippen molar-refractivity contribution in [1.82, 2.24) is 5.32 Å². The monoisotopic (exact) mass is 189 g/mol. The minimum Gasteiger partial charge on any atom is -0.382 e. The van der Waals surface area contributed by atoms with E-state index in [9.17, 15) is 0 Å². The van der Waals surface area contributed by atoms with E-state index in [1.54, 1.807) is 7.11 Å². The first-order valence-corrected chi connectivity index (χ1v) is 5.08. The molecule has 0 aromatic rings. The van der Waals surface area contributed by atoms with E-state index in [2.05, 4.69) is 19.2 Å². The van der Waals surface area contributed by atoms with Crippen LogP contribution < -0.4 is 5.32 Å². The minimum absolute atomic E-state index is 0.192. The summed E-state index contributed by atoms with van der Waals surface area (Å²) in [5, 5.41) is 3.36. The molecule has 0 fully saturated rings. The number of methoxy groups -OCH3 is 1. The zero-order valence-electron chi connectivity index (χ0n) is 9.30. The first kappa shape index (κ1) is 12.9. The standard InChI is InChI=1S/C10H23NO2/c1-5-10(11-6-2)8-13-9(3)7-12-4/h9-11H,5-8H2,1-4H3. The Morgan fingerprint density at radius 2 is 1.92 bits per heavy atom. The van der Waals surface area contributed by atoms with Gasteiger partial charge in [-0.15, -0.1) is 0 Å². The summed E-state index contributed by atoms with van der Waals surface area (Å²) in [4.78, 5) is 0. The molecular weight excluding hydrogens is 166 g/mol. The Bertz CT molecular complexity index is 109. The van der Waals surface area contributed by atoms with Crippen molar-refractivity contribution in [3.63, 3.8) is 0 Å². The van der Waals surface area contributed by atoms with Crippen LogP contribution in [0.25, 0.3) is 0 Å². The third-order valence-electron chi connectivity index (χ3n) is 1.97. The highest BCUT2D eigenvalue weighted by molar-refractivity contribution is 4.63. The van der Waals surface area contributed by atoms with Gasteiger partial charge in [-0.3, -0.25) is 0 Å². The molecule has 3 heteroatoms. The first-order chi connectivity index (χ1) is 6.24. The zero-order chi connectivity index (χ0) is 10.1. The van der Waals surface area contributed by atoms with Crippen LogP contribution in [0.3, 0.4) is 0 Å². The molecule has 1 N–H and O–H groups in total. The van der Waals surface area contributed by atoms with Crippen molar-refractivity contribution in [3.8, 4) is 0 Å². The van der Waals surface area contributed by atoms with Gasteiger partial charge < -0.3 is 14.8 Å². The summed E-state index contributed by atoms with van der Waals surface area (Å²) in [7, 11) is 1.70. The fourth-order valence-corrected chi connectivity index (χ4v) is 1.17. The summed E-state index contributed by atoms with van der Waals surface area (Å²) in [5.74, 6) is 0. The summed E-state index contributed by atoms with van der Waals surface area (Å²) < 4.78 is 10.6. The topological polar surface area (TPSA) is 30.5 Å². The van der Waals surface area contributed by atoms with Crippen LogP contribution >= 0.6 is 0 Å². The summed E-state index contributed by atoms with van der Waals surface area (Å²) in [6.45, 7) is 8.75. The molecule has 2 unspecified atom stereocenters. The van der Waals surface area contributed by atoms with Gasteiger partial charge in [0.1, 0.15) is 0 Å². The van der Waals surface area contributed by atoms with E-state index in [0.717, 1.165) is 19.6 Å². The molecule has 0 saturated carbocycles. The number of ether oxygens (including phenoxy) is 2. The highest BCUT2D eigenvalue weighted by Gasteiger charge is 2.07. The Hall–Kier alpha value is -0.120. The Balaban J connectivity index is 3.46. The molecule has 0 spiro atoms. The molecule has 3 nitrogen and oxygen atoms in total. The fraction of sp³-hybridized carbons (Fsp3) is 1.00. The van der Waals surface area contributed by atoms with Gasteiger partial charge >= 0.3 is 0 Å². The second-order valence-electron chi connectivity index (χ2n) is 3.26. The molecular formula is C10H23NO2. The lowest BCUT2D eigenvalue weighted by molar-refractivity contribution is -0.000442. The maximum Gasteiger partial charge on any atom is 0.0781 e. The van der Waals surface area contributed by atoms with Gasteiger partial charge in [0.2, 0.25) is 0 Å². The number of likely N-dealkylation sites (N-methyl/N-ethyl adjacent to an activating group) is 1. The van der Waals surface area contributed by atoms with Gasteiger partial charge in [0.25, 0.3) is 0 Å². The number of hydrogen-bond donors (Lipinski definition) is 1. The smallest absolute Gasteiger partial charge is 0.0781 e. The van der Waals surface area contributed by atoms with Gasteiger partial charge in [-0.25, -0.2) is 0 Å². The lowest BCUT2D eigenvalue weighted by atomic mass is 10.2. The van der Waals surface area contributed by atoms with E-state index in [-0.39, 0.29) is 6.10 Å². The Morgan fingerprint density at radius 3 is 2.38 bits per heavy atom. The minimum atomic E-state index is 0.192. The average molecular weight is 189 g/mol. The summed E-state index contributed by atoms with van der Waals surface area (Å²) >= 11 is 0. The Labute approximate surface area is 81.8 Å². The summed E-state index contributed by atoms with van der Waals surface area (Å²) in [6, 6.07) is 0.476. The quantitative estimate of drug-likeness (QED) is 0.626. The van der Waals surface area contributed by atoms with Crippen molar-refractivity contribution in [2.24, 2.45) is 0 Å². The molecule has 0 aromatic heterocycles. The van der Waals surface area contributed by atoms with Crippen LogP contribution in [-0.4, -0.2) is 39.0 Å². The van der Waals surface area contributed by atoms with Gasteiger partial charge in [0, 0.05) is 13.2 Å².